The highest BCUT2D eigenvalue weighted by atomic mass is 14.9. The van der Waals surface area contributed by atoms with E-state index in [4.69, 9.17) is 10.7 Å². The summed E-state index contributed by atoms with van der Waals surface area (Å²) in [6, 6.07) is 8.99. The Kier molecular flexibility index (Phi) is 2.43. The van der Waals surface area contributed by atoms with Gasteiger partial charge in [-0.3, -0.25) is 4.99 Å². The van der Waals surface area contributed by atoms with Gasteiger partial charge in [-0.25, -0.2) is 0 Å². The molecule has 2 aliphatic rings. The summed E-state index contributed by atoms with van der Waals surface area (Å²) in [7, 11) is 0. The van der Waals surface area contributed by atoms with Crippen molar-refractivity contribution >= 4 is 5.84 Å². The lowest BCUT2D eigenvalue weighted by atomic mass is 9.88. The molecule has 0 spiro atoms. The SMILES string of the molecule is NC(=NC1CCCc2ccccc21)C1CC1. The van der Waals surface area contributed by atoms with Crippen LogP contribution in [0.5, 0.6) is 0 Å². The lowest BCUT2D eigenvalue weighted by Crippen LogP contribution is -2.17. The Labute approximate surface area is 96.6 Å². The van der Waals surface area contributed by atoms with Gasteiger partial charge in [0.2, 0.25) is 0 Å². The molecule has 0 heterocycles. The van der Waals surface area contributed by atoms with Crippen LogP contribution >= 0.6 is 0 Å². The summed E-state index contributed by atoms with van der Waals surface area (Å²) in [6.45, 7) is 0. The van der Waals surface area contributed by atoms with E-state index in [1.807, 2.05) is 0 Å². The maximum Gasteiger partial charge on any atom is 0.0976 e. The summed E-state index contributed by atoms with van der Waals surface area (Å²) in [4.78, 5) is 4.73. The van der Waals surface area contributed by atoms with E-state index in [1.165, 1.54) is 36.8 Å². The van der Waals surface area contributed by atoms with Gasteiger partial charge in [0.05, 0.1) is 11.9 Å². The highest BCUT2D eigenvalue weighted by Gasteiger charge is 2.27. The number of rotatable bonds is 2. The van der Waals surface area contributed by atoms with Crippen LogP contribution in [0.1, 0.15) is 42.9 Å². The molecule has 1 unspecified atom stereocenters. The molecule has 2 heteroatoms. The van der Waals surface area contributed by atoms with Gasteiger partial charge in [0.25, 0.3) is 0 Å². The van der Waals surface area contributed by atoms with Crippen LogP contribution in [0.4, 0.5) is 0 Å². The predicted molar refractivity (Wildman–Crippen MR) is 66.5 cm³/mol. The zero-order valence-corrected chi connectivity index (χ0v) is 9.52. The van der Waals surface area contributed by atoms with Crippen LogP contribution in [0, 0.1) is 5.92 Å². The van der Waals surface area contributed by atoms with Gasteiger partial charge < -0.3 is 5.73 Å². The van der Waals surface area contributed by atoms with Crippen molar-refractivity contribution < 1.29 is 0 Å². The van der Waals surface area contributed by atoms with Crippen LogP contribution in [0.15, 0.2) is 29.3 Å². The number of fused-ring (bicyclic) bond motifs is 1. The van der Waals surface area contributed by atoms with E-state index in [1.54, 1.807) is 0 Å². The van der Waals surface area contributed by atoms with Gasteiger partial charge in [0.15, 0.2) is 0 Å². The molecule has 0 bridgehead atoms. The Balaban J connectivity index is 1.89. The molecule has 0 aliphatic heterocycles. The number of amidine groups is 1. The molecule has 2 aliphatic carbocycles. The van der Waals surface area contributed by atoms with Crippen molar-refractivity contribution in [2.45, 2.75) is 38.1 Å². The lowest BCUT2D eigenvalue weighted by Gasteiger charge is -2.22. The van der Waals surface area contributed by atoms with Crippen LogP contribution in [0.3, 0.4) is 0 Å². The molecule has 1 aromatic rings. The Morgan fingerprint density at radius 3 is 2.81 bits per heavy atom. The Morgan fingerprint density at radius 2 is 2.00 bits per heavy atom. The quantitative estimate of drug-likeness (QED) is 0.596. The molecule has 3 rings (SSSR count). The molecule has 0 aromatic heterocycles. The van der Waals surface area contributed by atoms with Crippen molar-refractivity contribution in [3.8, 4) is 0 Å². The number of nitrogens with zero attached hydrogens (tertiary/aromatic N) is 1. The molecule has 1 aromatic carbocycles. The molecular weight excluding hydrogens is 196 g/mol. The molecule has 0 radical (unpaired) electrons. The van der Waals surface area contributed by atoms with E-state index in [2.05, 4.69) is 24.3 Å². The average Bonchev–Trinajstić information content (AvgIpc) is 3.13. The van der Waals surface area contributed by atoms with Gasteiger partial charge in [0.1, 0.15) is 0 Å². The molecule has 1 atom stereocenters. The second-order valence-corrected chi connectivity index (χ2v) is 4.94. The van der Waals surface area contributed by atoms with Crippen molar-refractivity contribution in [2.75, 3.05) is 0 Å². The molecule has 1 saturated carbocycles. The number of hydrogen-bond donors (Lipinski definition) is 1. The highest BCUT2D eigenvalue weighted by molar-refractivity contribution is 5.85. The predicted octanol–water partition coefficient (Wildman–Crippen LogP) is 2.83. The molecule has 84 valence electrons. The first-order chi connectivity index (χ1) is 7.84. The van der Waals surface area contributed by atoms with Crippen LogP contribution in [-0.2, 0) is 6.42 Å². The molecule has 0 saturated heterocycles. The number of hydrogen-bond acceptors (Lipinski definition) is 1. The van der Waals surface area contributed by atoms with E-state index < -0.39 is 0 Å². The summed E-state index contributed by atoms with van der Waals surface area (Å²) in [5.41, 5.74) is 8.88. The van der Waals surface area contributed by atoms with E-state index in [9.17, 15) is 0 Å². The average molecular weight is 214 g/mol. The fourth-order valence-electron chi connectivity index (χ4n) is 2.53. The highest BCUT2D eigenvalue weighted by Crippen LogP contribution is 2.35. The van der Waals surface area contributed by atoms with Crippen molar-refractivity contribution in [1.82, 2.24) is 0 Å². The van der Waals surface area contributed by atoms with Crippen LogP contribution in [-0.4, -0.2) is 5.84 Å². The van der Waals surface area contributed by atoms with Crippen LogP contribution in [0.2, 0.25) is 0 Å². The van der Waals surface area contributed by atoms with Gasteiger partial charge in [-0.1, -0.05) is 24.3 Å². The molecule has 0 amide bonds. The zero-order chi connectivity index (χ0) is 11.0. The van der Waals surface area contributed by atoms with E-state index in [-0.39, 0.29) is 0 Å². The first-order valence-electron chi connectivity index (χ1n) is 6.25. The lowest BCUT2D eigenvalue weighted by molar-refractivity contribution is 0.570. The van der Waals surface area contributed by atoms with Gasteiger partial charge in [0, 0.05) is 5.92 Å². The monoisotopic (exact) mass is 214 g/mol. The Morgan fingerprint density at radius 1 is 1.19 bits per heavy atom. The smallest absolute Gasteiger partial charge is 0.0976 e. The molecular formula is C14H18N2. The van der Waals surface area contributed by atoms with Gasteiger partial charge >= 0.3 is 0 Å². The van der Waals surface area contributed by atoms with Crippen LogP contribution in [0.25, 0.3) is 0 Å². The molecule has 1 fully saturated rings. The Hall–Kier alpha value is -1.31. The normalized spacial score (nSPS) is 25.2. The number of nitrogens with two attached hydrogens (primary N) is 1. The maximum atomic E-state index is 6.02. The fraction of sp³-hybridized carbons (Fsp3) is 0.500. The summed E-state index contributed by atoms with van der Waals surface area (Å²) in [6.07, 6.45) is 6.08. The summed E-state index contributed by atoms with van der Waals surface area (Å²) in [5.74, 6) is 1.48. The van der Waals surface area contributed by atoms with E-state index >= 15 is 0 Å². The summed E-state index contributed by atoms with van der Waals surface area (Å²) < 4.78 is 0. The van der Waals surface area contributed by atoms with Crippen LogP contribution < -0.4 is 5.73 Å². The third-order valence-electron chi connectivity index (χ3n) is 3.64. The third kappa shape index (κ3) is 1.84. The van der Waals surface area contributed by atoms with Crippen molar-refractivity contribution in [3.63, 3.8) is 0 Å². The fourth-order valence-corrected chi connectivity index (χ4v) is 2.53. The first kappa shape index (κ1) is 9.88. The van der Waals surface area contributed by atoms with Crippen molar-refractivity contribution in [3.05, 3.63) is 35.4 Å². The topological polar surface area (TPSA) is 38.4 Å². The summed E-state index contributed by atoms with van der Waals surface area (Å²) in [5, 5.41) is 0. The second-order valence-electron chi connectivity index (χ2n) is 4.94. The van der Waals surface area contributed by atoms with Gasteiger partial charge in [-0.2, -0.15) is 0 Å². The molecule has 2 N–H and O–H groups in total. The van der Waals surface area contributed by atoms with E-state index in [0.717, 1.165) is 12.3 Å². The summed E-state index contributed by atoms with van der Waals surface area (Å²) >= 11 is 0. The molecule has 16 heavy (non-hydrogen) atoms. The Bertz CT molecular complexity index is 418. The first-order valence-corrected chi connectivity index (χ1v) is 6.25. The minimum atomic E-state index is 0.325. The largest absolute Gasteiger partial charge is 0.387 e. The van der Waals surface area contributed by atoms with Crippen molar-refractivity contribution in [2.24, 2.45) is 16.6 Å². The van der Waals surface area contributed by atoms with E-state index in [0.29, 0.717) is 12.0 Å². The van der Waals surface area contributed by atoms with Crippen molar-refractivity contribution in [1.29, 1.82) is 0 Å². The zero-order valence-electron chi connectivity index (χ0n) is 9.52. The second kappa shape index (κ2) is 3.93. The number of benzene rings is 1. The standard InChI is InChI=1S/C14H18N2/c15-14(11-8-9-11)16-13-7-3-5-10-4-1-2-6-12(10)13/h1-2,4,6,11,13H,3,5,7-9H2,(H2,15,16). The minimum absolute atomic E-state index is 0.325. The minimum Gasteiger partial charge on any atom is -0.387 e. The third-order valence-corrected chi connectivity index (χ3v) is 3.64. The molecule has 2 nitrogen and oxygen atoms in total. The van der Waals surface area contributed by atoms with Gasteiger partial charge in [-0.15, -0.1) is 0 Å². The number of aryl methyl sites for hydroxylation is 1. The number of aliphatic imine (C=N–C) groups is 1. The van der Waals surface area contributed by atoms with Gasteiger partial charge in [-0.05, 0) is 43.2 Å². The maximum absolute atomic E-state index is 6.02.